The molecule has 4 rings (SSSR count). The van der Waals surface area contributed by atoms with Crippen LogP contribution in [0.3, 0.4) is 0 Å². The molecule has 0 fully saturated rings. The van der Waals surface area contributed by atoms with Gasteiger partial charge in [-0.3, -0.25) is 9.59 Å². The number of rotatable bonds is 10. The maximum Gasteiger partial charge on any atom is 0.268 e. The zero-order valence-electron chi connectivity index (χ0n) is 23.5. The number of nitrogens with zero attached hydrogens (tertiary/aromatic N) is 3. The molecule has 0 bridgehead atoms. The molecule has 0 spiro atoms. The highest BCUT2D eigenvalue weighted by Crippen LogP contribution is 2.23. The third-order valence-corrected chi connectivity index (χ3v) is 6.90. The maximum atomic E-state index is 13.3. The van der Waals surface area contributed by atoms with E-state index in [9.17, 15) is 9.59 Å². The number of aryl methyl sites for hydroxylation is 1. The van der Waals surface area contributed by atoms with Crippen LogP contribution in [0.2, 0.25) is 0 Å². The zero-order chi connectivity index (χ0) is 29.0. The Balaban J connectivity index is 1.53. The van der Waals surface area contributed by atoms with Crippen molar-refractivity contribution in [2.45, 2.75) is 58.7 Å². The van der Waals surface area contributed by atoms with E-state index in [1.54, 1.807) is 38.1 Å². The molecule has 2 aromatic heterocycles. The Morgan fingerprint density at radius 1 is 1.10 bits per heavy atom. The number of fused-ring (bicyclic) bond motifs is 1. The van der Waals surface area contributed by atoms with E-state index in [4.69, 9.17) is 27.2 Å². The van der Waals surface area contributed by atoms with Crippen molar-refractivity contribution in [1.29, 1.82) is 0 Å². The van der Waals surface area contributed by atoms with Crippen LogP contribution < -0.4 is 15.8 Å². The predicted molar refractivity (Wildman–Crippen MR) is 158 cm³/mol. The molecule has 3 N–H and O–H groups in total. The average molecular weight is 562 g/mol. The quantitative estimate of drug-likeness (QED) is 0.260. The summed E-state index contributed by atoms with van der Waals surface area (Å²) < 4.78 is 8.84. The lowest BCUT2D eigenvalue weighted by molar-refractivity contribution is -0.125. The minimum Gasteiger partial charge on any atom is -0.491 e. The molecule has 0 aliphatic rings. The SMILES string of the molecule is Cc1cccn2cc(-c3ccc(C[C@@H](CNC(=O)C(C)(C)N)N(Cl)C(=O)c4ccc(OC(C)C)cc4)cc3)nc12. The molecule has 0 aliphatic carbocycles. The summed E-state index contributed by atoms with van der Waals surface area (Å²) in [6.07, 6.45) is 4.42. The van der Waals surface area contributed by atoms with Gasteiger partial charge in [-0.2, -0.15) is 0 Å². The number of carbonyl (C=O) groups is 2. The summed E-state index contributed by atoms with van der Waals surface area (Å²) in [5, 5.41) is 2.84. The number of pyridine rings is 1. The molecule has 0 saturated heterocycles. The second-order valence-corrected chi connectivity index (χ2v) is 11.2. The highest BCUT2D eigenvalue weighted by Gasteiger charge is 2.27. The molecule has 0 unspecified atom stereocenters. The van der Waals surface area contributed by atoms with Crippen molar-refractivity contribution in [2.24, 2.45) is 5.73 Å². The van der Waals surface area contributed by atoms with Gasteiger partial charge in [-0.25, -0.2) is 9.40 Å². The van der Waals surface area contributed by atoms with Gasteiger partial charge in [0, 0.05) is 41.8 Å². The van der Waals surface area contributed by atoms with Crippen LogP contribution in [0, 0.1) is 6.92 Å². The fourth-order valence-corrected chi connectivity index (χ4v) is 4.52. The first kappa shape index (κ1) is 29.1. The van der Waals surface area contributed by atoms with Crippen LogP contribution in [-0.2, 0) is 11.2 Å². The van der Waals surface area contributed by atoms with Crippen molar-refractivity contribution in [3.8, 4) is 17.0 Å². The summed E-state index contributed by atoms with van der Waals surface area (Å²) in [6, 6.07) is 18.3. The van der Waals surface area contributed by atoms with Crippen molar-refractivity contribution >= 4 is 29.2 Å². The molecular weight excluding hydrogens is 526 g/mol. The second-order valence-electron chi connectivity index (χ2n) is 10.8. The molecule has 0 aliphatic heterocycles. The van der Waals surface area contributed by atoms with Crippen LogP contribution in [0.4, 0.5) is 0 Å². The number of ether oxygens (including phenoxy) is 1. The fraction of sp³-hybridized carbons (Fsp3) is 0.323. The van der Waals surface area contributed by atoms with Gasteiger partial charge in [-0.05, 0) is 82.5 Å². The average Bonchev–Trinajstić information content (AvgIpc) is 3.36. The smallest absolute Gasteiger partial charge is 0.268 e. The Morgan fingerprint density at radius 2 is 1.77 bits per heavy atom. The number of amides is 2. The van der Waals surface area contributed by atoms with Gasteiger partial charge in [0.2, 0.25) is 5.91 Å². The van der Waals surface area contributed by atoms with Gasteiger partial charge in [0.15, 0.2) is 0 Å². The van der Waals surface area contributed by atoms with Crippen molar-refractivity contribution in [3.63, 3.8) is 0 Å². The van der Waals surface area contributed by atoms with E-state index < -0.39 is 11.6 Å². The molecule has 1 atom stereocenters. The number of carbonyl (C=O) groups excluding carboxylic acids is 2. The van der Waals surface area contributed by atoms with E-state index in [2.05, 4.69) is 5.32 Å². The van der Waals surface area contributed by atoms with Crippen molar-refractivity contribution in [3.05, 3.63) is 89.7 Å². The predicted octanol–water partition coefficient (Wildman–Crippen LogP) is 5.16. The van der Waals surface area contributed by atoms with Crippen molar-refractivity contribution in [1.82, 2.24) is 19.1 Å². The van der Waals surface area contributed by atoms with E-state index in [1.165, 1.54) is 0 Å². The highest BCUT2D eigenvalue weighted by atomic mass is 35.5. The van der Waals surface area contributed by atoms with E-state index in [1.807, 2.05) is 74.0 Å². The number of nitrogens with two attached hydrogens (primary N) is 1. The first-order valence-corrected chi connectivity index (χ1v) is 13.6. The molecule has 210 valence electrons. The zero-order valence-corrected chi connectivity index (χ0v) is 24.3. The summed E-state index contributed by atoms with van der Waals surface area (Å²) in [7, 11) is 0. The minimum atomic E-state index is -1.06. The van der Waals surface area contributed by atoms with Crippen LogP contribution in [0.15, 0.2) is 73.1 Å². The summed E-state index contributed by atoms with van der Waals surface area (Å²) in [4.78, 5) is 30.6. The lowest BCUT2D eigenvalue weighted by atomic mass is 10.0. The molecule has 2 aromatic carbocycles. The number of halogens is 1. The number of aromatic nitrogens is 2. The van der Waals surface area contributed by atoms with Crippen molar-refractivity contribution in [2.75, 3.05) is 6.54 Å². The third kappa shape index (κ3) is 7.00. The van der Waals surface area contributed by atoms with Crippen LogP contribution in [0.25, 0.3) is 16.9 Å². The number of hydrogen-bond acceptors (Lipinski definition) is 5. The molecule has 4 aromatic rings. The van der Waals surface area contributed by atoms with Crippen LogP contribution in [-0.4, -0.2) is 49.8 Å². The molecule has 0 saturated carbocycles. The largest absolute Gasteiger partial charge is 0.491 e. The van der Waals surface area contributed by atoms with E-state index in [0.717, 1.165) is 32.5 Å². The van der Waals surface area contributed by atoms with Crippen molar-refractivity contribution < 1.29 is 14.3 Å². The first-order valence-electron chi connectivity index (χ1n) is 13.3. The third-order valence-electron chi connectivity index (χ3n) is 6.47. The van der Waals surface area contributed by atoms with Gasteiger partial charge in [-0.15, -0.1) is 0 Å². The van der Waals surface area contributed by atoms with Gasteiger partial charge in [0.25, 0.3) is 5.91 Å². The van der Waals surface area contributed by atoms with Gasteiger partial charge in [-0.1, -0.05) is 30.3 Å². The summed E-state index contributed by atoms with van der Waals surface area (Å²) in [5.41, 5.74) is 10.1. The topological polar surface area (TPSA) is 102 Å². The Kier molecular flexibility index (Phi) is 8.81. The van der Waals surface area contributed by atoms with Crippen LogP contribution in [0.1, 0.15) is 49.2 Å². The Hall–Kier alpha value is -3.88. The number of hydrogen-bond donors (Lipinski definition) is 2. The van der Waals surface area contributed by atoms with Crippen LogP contribution >= 0.6 is 11.8 Å². The minimum absolute atomic E-state index is 0.0223. The molecule has 40 heavy (non-hydrogen) atoms. The standard InChI is InChI=1S/C31H36ClN5O3/c1-20(2)40-26-14-12-24(13-15-26)29(38)37(32)25(18-34-30(39)31(4,5)33)17-22-8-10-23(11-9-22)27-19-36-16-6-7-21(3)28(36)35-27/h6-16,19-20,25H,17-18,33H2,1-5H3,(H,34,39)/t25-/m0/s1. The molecular formula is C31H36ClN5O3. The molecule has 2 amide bonds. The molecule has 9 heteroatoms. The normalized spacial score (nSPS) is 12.4. The van der Waals surface area contributed by atoms with Gasteiger partial charge >= 0.3 is 0 Å². The van der Waals surface area contributed by atoms with Gasteiger partial charge < -0.3 is 20.2 Å². The summed E-state index contributed by atoms with van der Waals surface area (Å²) in [5.74, 6) is -0.0362. The second kappa shape index (κ2) is 12.1. The fourth-order valence-electron chi connectivity index (χ4n) is 4.28. The first-order chi connectivity index (χ1) is 18.9. The van der Waals surface area contributed by atoms with Gasteiger partial charge in [0.05, 0.1) is 23.4 Å². The van der Waals surface area contributed by atoms with Crippen LogP contribution in [0.5, 0.6) is 5.75 Å². The Bertz CT molecular complexity index is 1470. The number of imidazole rings is 1. The lowest BCUT2D eigenvalue weighted by Crippen LogP contribution is -2.52. The lowest BCUT2D eigenvalue weighted by Gasteiger charge is -2.27. The Morgan fingerprint density at radius 3 is 2.38 bits per heavy atom. The highest BCUT2D eigenvalue weighted by molar-refractivity contribution is 6.24. The van der Waals surface area contributed by atoms with E-state index in [0.29, 0.717) is 17.7 Å². The molecule has 0 radical (unpaired) electrons. The summed E-state index contributed by atoms with van der Waals surface area (Å²) >= 11 is 6.65. The summed E-state index contributed by atoms with van der Waals surface area (Å²) in [6.45, 7) is 9.30. The Labute approximate surface area is 240 Å². The van der Waals surface area contributed by atoms with E-state index in [-0.39, 0.29) is 24.5 Å². The maximum absolute atomic E-state index is 13.3. The molecule has 8 nitrogen and oxygen atoms in total. The monoisotopic (exact) mass is 561 g/mol. The number of benzene rings is 2. The van der Waals surface area contributed by atoms with E-state index >= 15 is 0 Å². The number of nitrogens with one attached hydrogen (secondary N) is 1. The molecule has 2 heterocycles. The van der Waals surface area contributed by atoms with Gasteiger partial charge in [0.1, 0.15) is 11.4 Å².